The molecule has 4 aromatic rings. The minimum absolute atomic E-state index is 0.143. The van der Waals surface area contributed by atoms with E-state index in [9.17, 15) is 4.79 Å². The monoisotopic (exact) mass is 611 g/mol. The number of esters is 1. The van der Waals surface area contributed by atoms with Crippen molar-refractivity contribution in [3.63, 3.8) is 0 Å². The number of pyridine rings is 1. The summed E-state index contributed by atoms with van der Waals surface area (Å²) in [6.07, 6.45) is 11.9. The van der Waals surface area contributed by atoms with Gasteiger partial charge in [0.25, 0.3) is 0 Å². The third-order valence-corrected chi connectivity index (χ3v) is 8.21. The Balaban J connectivity index is 0.000000743. The highest BCUT2D eigenvalue weighted by Gasteiger charge is 2.33. The number of aryl methyl sites for hydroxylation is 2. The normalized spacial score (nSPS) is 17.0. The molecular formula is C36H45N5O4. The Morgan fingerprint density at radius 2 is 1.84 bits per heavy atom. The van der Waals surface area contributed by atoms with Crippen molar-refractivity contribution in [1.29, 1.82) is 0 Å². The number of aromatic nitrogens is 4. The van der Waals surface area contributed by atoms with Crippen LogP contribution >= 0.6 is 0 Å². The molecule has 1 fully saturated rings. The SMILES string of the molecule is CC(C)(C)O.COC(=O)Cc1c(C)nc2cc3nn2c1N1CCC(C)(CC1)OC/C=C/CCc1ccncc1-c1cccc-3c1. The lowest BCUT2D eigenvalue weighted by molar-refractivity contribution is -0.139. The molecule has 1 N–H and O–H groups in total. The largest absolute Gasteiger partial charge is 0.469 e. The van der Waals surface area contributed by atoms with Crippen molar-refractivity contribution >= 4 is 17.4 Å². The van der Waals surface area contributed by atoms with Crippen molar-refractivity contribution in [2.45, 2.75) is 77.9 Å². The maximum absolute atomic E-state index is 12.5. The number of carbonyl (C=O) groups is 1. The van der Waals surface area contributed by atoms with Gasteiger partial charge in [-0.25, -0.2) is 4.98 Å². The van der Waals surface area contributed by atoms with Gasteiger partial charge in [-0.3, -0.25) is 9.78 Å². The summed E-state index contributed by atoms with van der Waals surface area (Å²) in [6, 6.07) is 12.6. The Labute approximate surface area is 265 Å². The molecule has 1 saturated heterocycles. The average Bonchev–Trinajstić information content (AvgIpc) is 3.42. The second-order valence-electron chi connectivity index (χ2n) is 13.1. The Kier molecular flexibility index (Phi) is 9.70. The van der Waals surface area contributed by atoms with Crippen molar-refractivity contribution in [3.05, 3.63) is 77.8 Å². The summed E-state index contributed by atoms with van der Waals surface area (Å²) >= 11 is 0. The smallest absolute Gasteiger partial charge is 0.310 e. The minimum atomic E-state index is -0.500. The van der Waals surface area contributed by atoms with Gasteiger partial charge in [0.2, 0.25) is 0 Å². The van der Waals surface area contributed by atoms with Crippen LogP contribution in [0.15, 0.2) is 60.9 Å². The maximum Gasteiger partial charge on any atom is 0.310 e. The summed E-state index contributed by atoms with van der Waals surface area (Å²) in [5.41, 5.74) is 7.04. The number of benzene rings is 1. The molecule has 1 aromatic carbocycles. The number of hydrogen-bond acceptors (Lipinski definition) is 8. The molecule has 6 bridgehead atoms. The van der Waals surface area contributed by atoms with E-state index < -0.39 is 5.60 Å². The summed E-state index contributed by atoms with van der Waals surface area (Å²) in [5.74, 6) is 0.616. The van der Waals surface area contributed by atoms with Crippen LogP contribution in [0.25, 0.3) is 28.0 Å². The van der Waals surface area contributed by atoms with Crippen LogP contribution in [0.5, 0.6) is 0 Å². The molecule has 45 heavy (non-hydrogen) atoms. The highest BCUT2D eigenvalue weighted by molar-refractivity contribution is 5.78. The molecule has 0 atom stereocenters. The van der Waals surface area contributed by atoms with Crippen molar-refractivity contribution in [1.82, 2.24) is 19.6 Å². The number of fused-ring (bicyclic) bond motifs is 6. The first kappa shape index (κ1) is 32.3. The van der Waals surface area contributed by atoms with Gasteiger partial charge in [-0.1, -0.05) is 30.4 Å². The second kappa shape index (κ2) is 13.5. The quantitative estimate of drug-likeness (QED) is 0.213. The van der Waals surface area contributed by atoms with E-state index in [0.29, 0.717) is 6.61 Å². The van der Waals surface area contributed by atoms with Gasteiger partial charge in [-0.15, -0.1) is 0 Å². The van der Waals surface area contributed by atoms with E-state index in [-0.39, 0.29) is 18.0 Å². The van der Waals surface area contributed by atoms with Crippen LogP contribution in [-0.2, 0) is 27.1 Å². The number of carbonyl (C=O) groups excluding carboxylic acids is 1. The summed E-state index contributed by atoms with van der Waals surface area (Å²) < 4.78 is 13.3. The number of hydrogen-bond donors (Lipinski definition) is 1. The van der Waals surface area contributed by atoms with Crippen LogP contribution in [0.3, 0.4) is 0 Å². The molecule has 6 heterocycles. The lowest BCUT2D eigenvalue weighted by atomic mass is 9.93. The van der Waals surface area contributed by atoms with Crippen molar-refractivity contribution in [2.24, 2.45) is 0 Å². The van der Waals surface area contributed by atoms with Crippen molar-refractivity contribution < 1.29 is 19.4 Å². The predicted octanol–water partition coefficient (Wildman–Crippen LogP) is 6.14. The lowest BCUT2D eigenvalue weighted by Gasteiger charge is -2.40. The first-order chi connectivity index (χ1) is 21.4. The van der Waals surface area contributed by atoms with Crippen molar-refractivity contribution in [3.8, 4) is 22.4 Å². The van der Waals surface area contributed by atoms with Crippen LogP contribution in [0.4, 0.5) is 5.82 Å². The Bertz CT molecular complexity index is 1670. The fourth-order valence-corrected chi connectivity index (χ4v) is 5.78. The second-order valence-corrected chi connectivity index (χ2v) is 13.1. The Hall–Kier alpha value is -4.08. The number of piperidine rings is 1. The zero-order valence-electron chi connectivity index (χ0n) is 27.3. The number of methoxy groups -OCH3 is 1. The zero-order valence-corrected chi connectivity index (χ0v) is 27.3. The molecule has 0 unspecified atom stereocenters. The van der Waals surface area contributed by atoms with Crippen LogP contribution in [0, 0.1) is 6.92 Å². The highest BCUT2D eigenvalue weighted by atomic mass is 16.5. The topological polar surface area (TPSA) is 102 Å². The Morgan fingerprint density at radius 1 is 1.11 bits per heavy atom. The summed E-state index contributed by atoms with van der Waals surface area (Å²) in [4.78, 5) is 24.1. The van der Waals surface area contributed by atoms with E-state index in [1.54, 1.807) is 20.8 Å². The molecular weight excluding hydrogens is 566 g/mol. The molecule has 3 aromatic heterocycles. The number of ether oxygens (including phenoxy) is 2. The maximum atomic E-state index is 12.5. The molecule has 3 aliphatic heterocycles. The van der Waals surface area contributed by atoms with E-state index in [0.717, 1.165) is 83.9 Å². The standard InChI is InChI=1S/C32H35N5O3.C4H10O/c1-22-26(19-30(38)39-3)31-36-15-12-32(2,13-16-36)40-17-6-4-5-8-23-11-14-33-21-27(23)24-9-7-10-25(18-24)28-20-29(34-22)37(31)35-28;1-4(2,3)5/h4,6-7,9-11,14,18,20-21H,5,8,12-13,15-17,19H2,1-3H3;5H,1-3H3/b6-4+;. The van der Waals surface area contributed by atoms with Gasteiger partial charge < -0.3 is 19.5 Å². The predicted molar refractivity (Wildman–Crippen MR) is 177 cm³/mol. The zero-order chi connectivity index (χ0) is 32.2. The van der Waals surface area contributed by atoms with Crippen LogP contribution < -0.4 is 4.90 Å². The molecule has 3 aliphatic rings. The van der Waals surface area contributed by atoms with Gasteiger partial charge in [0.05, 0.1) is 37.0 Å². The first-order valence-corrected chi connectivity index (χ1v) is 15.7. The summed E-state index contributed by atoms with van der Waals surface area (Å²) in [6.45, 7) is 11.6. The molecule has 0 radical (unpaired) electrons. The van der Waals surface area contributed by atoms with Crippen LogP contribution in [0.2, 0.25) is 0 Å². The van der Waals surface area contributed by atoms with Crippen LogP contribution in [0.1, 0.15) is 63.8 Å². The minimum Gasteiger partial charge on any atom is -0.469 e. The van der Waals surface area contributed by atoms with Gasteiger partial charge in [-0.05, 0) is 83.6 Å². The van der Waals surface area contributed by atoms with E-state index in [4.69, 9.17) is 24.7 Å². The molecule has 238 valence electrons. The van der Waals surface area contributed by atoms with Crippen molar-refractivity contribution in [2.75, 3.05) is 31.7 Å². The highest BCUT2D eigenvalue weighted by Crippen LogP contribution is 2.34. The fraction of sp³-hybridized carbons (Fsp3) is 0.444. The molecule has 0 amide bonds. The summed E-state index contributed by atoms with van der Waals surface area (Å²) in [7, 11) is 1.42. The number of rotatable bonds is 2. The number of allylic oxidation sites excluding steroid dienone is 1. The lowest BCUT2D eigenvalue weighted by Crippen LogP contribution is -2.45. The van der Waals surface area contributed by atoms with E-state index >= 15 is 0 Å². The van der Waals surface area contributed by atoms with Gasteiger partial charge in [-0.2, -0.15) is 9.61 Å². The van der Waals surface area contributed by atoms with E-state index in [1.807, 2.05) is 29.9 Å². The molecule has 0 spiro atoms. The number of nitrogens with zero attached hydrogens (tertiary/aromatic N) is 5. The van der Waals surface area contributed by atoms with Gasteiger partial charge in [0.15, 0.2) is 5.65 Å². The van der Waals surface area contributed by atoms with Crippen LogP contribution in [-0.4, -0.2) is 68.7 Å². The third kappa shape index (κ3) is 7.96. The molecule has 7 rings (SSSR count). The van der Waals surface area contributed by atoms with Gasteiger partial charge in [0, 0.05) is 53.9 Å². The number of aliphatic hydroxyl groups is 1. The molecule has 0 aliphatic carbocycles. The molecule has 9 nitrogen and oxygen atoms in total. The average molecular weight is 612 g/mol. The van der Waals surface area contributed by atoms with Gasteiger partial charge in [0.1, 0.15) is 5.82 Å². The summed E-state index contributed by atoms with van der Waals surface area (Å²) in [5, 5.41) is 13.6. The molecule has 9 heteroatoms. The number of anilines is 1. The third-order valence-electron chi connectivity index (χ3n) is 8.21. The fourth-order valence-electron chi connectivity index (χ4n) is 5.78. The van der Waals surface area contributed by atoms with E-state index in [1.165, 1.54) is 12.7 Å². The van der Waals surface area contributed by atoms with Gasteiger partial charge >= 0.3 is 5.97 Å². The first-order valence-electron chi connectivity index (χ1n) is 15.7. The Morgan fingerprint density at radius 3 is 2.58 bits per heavy atom. The van der Waals surface area contributed by atoms with E-state index in [2.05, 4.69) is 59.3 Å². The molecule has 0 saturated carbocycles.